The highest BCUT2D eigenvalue weighted by atomic mass is 35.5. The zero-order chi connectivity index (χ0) is 15.6. The van der Waals surface area contributed by atoms with Crippen molar-refractivity contribution in [2.24, 2.45) is 0 Å². The van der Waals surface area contributed by atoms with Crippen LogP contribution in [0.2, 0.25) is 5.02 Å². The molecule has 0 aliphatic carbocycles. The summed E-state index contributed by atoms with van der Waals surface area (Å²) < 4.78 is 10.7. The van der Waals surface area contributed by atoms with Crippen molar-refractivity contribution >= 4 is 17.6 Å². The number of hydrogen-bond donors (Lipinski definition) is 0. The van der Waals surface area contributed by atoms with E-state index in [0.717, 1.165) is 11.1 Å². The van der Waals surface area contributed by atoms with Gasteiger partial charge in [-0.15, -0.1) is 0 Å². The van der Waals surface area contributed by atoms with Crippen LogP contribution in [-0.4, -0.2) is 17.6 Å². The first-order chi connectivity index (χ1) is 9.92. The number of carbonyl (C=O) groups is 1. The van der Waals surface area contributed by atoms with Gasteiger partial charge in [0.15, 0.2) is 0 Å². The zero-order valence-electron chi connectivity index (χ0n) is 12.6. The van der Waals surface area contributed by atoms with Gasteiger partial charge in [0.2, 0.25) is 11.7 Å². The van der Waals surface area contributed by atoms with Crippen LogP contribution in [0.5, 0.6) is 0 Å². The van der Waals surface area contributed by atoms with E-state index in [1.165, 1.54) is 0 Å². The zero-order valence-corrected chi connectivity index (χ0v) is 13.3. The predicted molar refractivity (Wildman–Crippen MR) is 81.7 cm³/mol. The van der Waals surface area contributed by atoms with E-state index in [1.807, 2.05) is 32.9 Å². The van der Waals surface area contributed by atoms with Crippen LogP contribution in [0.1, 0.15) is 48.5 Å². The number of aryl methyl sites for hydroxylation is 1. The summed E-state index contributed by atoms with van der Waals surface area (Å²) in [5.74, 6) is 0.118. The van der Waals surface area contributed by atoms with E-state index in [2.05, 4.69) is 4.98 Å². The van der Waals surface area contributed by atoms with Gasteiger partial charge in [-0.1, -0.05) is 25.4 Å². The van der Waals surface area contributed by atoms with Crippen LogP contribution < -0.4 is 0 Å². The molecular formula is C16H18ClNO3. The van der Waals surface area contributed by atoms with Crippen LogP contribution in [0.3, 0.4) is 0 Å². The number of rotatable bonds is 4. The molecule has 0 radical (unpaired) electrons. The number of esters is 1. The maximum Gasteiger partial charge on any atom is 0.376 e. The van der Waals surface area contributed by atoms with Crippen molar-refractivity contribution in [3.63, 3.8) is 0 Å². The van der Waals surface area contributed by atoms with E-state index in [9.17, 15) is 4.79 Å². The molecule has 0 spiro atoms. The molecule has 2 aromatic rings. The molecular weight excluding hydrogens is 290 g/mol. The molecule has 112 valence electrons. The van der Waals surface area contributed by atoms with Crippen molar-refractivity contribution in [2.45, 2.75) is 33.6 Å². The van der Waals surface area contributed by atoms with Gasteiger partial charge < -0.3 is 9.15 Å². The summed E-state index contributed by atoms with van der Waals surface area (Å²) in [6.07, 6.45) is 0. The Labute approximate surface area is 129 Å². The lowest BCUT2D eigenvalue weighted by molar-refractivity contribution is 0.0488. The molecule has 0 aliphatic rings. The van der Waals surface area contributed by atoms with E-state index in [4.69, 9.17) is 20.8 Å². The number of halogens is 1. The Bertz CT molecular complexity index is 641. The highest BCUT2D eigenvalue weighted by molar-refractivity contribution is 6.30. The predicted octanol–water partition coefficient (Wildman–Crippen LogP) is 4.60. The molecule has 0 fully saturated rings. The molecule has 0 atom stereocenters. The Morgan fingerprint density at radius 1 is 1.38 bits per heavy atom. The number of carbonyl (C=O) groups excluding carboxylic acids is 1. The van der Waals surface area contributed by atoms with Gasteiger partial charge in [0.1, 0.15) is 0 Å². The number of benzene rings is 1. The van der Waals surface area contributed by atoms with Crippen molar-refractivity contribution in [1.82, 2.24) is 4.98 Å². The average Bonchev–Trinajstić information content (AvgIpc) is 2.83. The maximum atomic E-state index is 12.0. The maximum absolute atomic E-state index is 12.0. The Hall–Kier alpha value is -1.81. The van der Waals surface area contributed by atoms with Gasteiger partial charge in [0.05, 0.1) is 12.3 Å². The average molecular weight is 308 g/mol. The smallest absolute Gasteiger partial charge is 0.376 e. The Morgan fingerprint density at radius 3 is 2.67 bits per heavy atom. The normalized spacial score (nSPS) is 11.0. The monoisotopic (exact) mass is 307 g/mol. The fourth-order valence-electron chi connectivity index (χ4n) is 2.05. The van der Waals surface area contributed by atoms with E-state index in [1.54, 1.807) is 13.0 Å². The largest absolute Gasteiger partial charge is 0.460 e. The van der Waals surface area contributed by atoms with Crippen LogP contribution in [0.15, 0.2) is 22.6 Å². The van der Waals surface area contributed by atoms with Gasteiger partial charge in [0.25, 0.3) is 0 Å². The molecule has 0 saturated heterocycles. The molecule has 0 aliphatic heterocycles. The molecule has 2 rings (SSSR count). The molecule has 1 aromatic carbocycles. The Morgan fingerprint density at radius 2 is 2.10 bits per heavy atom. The van der Waals surface area contributed by atoms with Crippen LogP contribution >= 0.6 is 11.6 Å². The standard InChI is InChI=1S/C16H18ClNO3/c1-5-20-16(19)14-13(9(2)3)18-15(21-14)11-6-10(4)7-12(17)8-11/h6-9H,5H2,1-4H3. The molecule has 0 saturated carbocycles. The first-order valence-electron chi connectivity index (χ1n) is 6.87. The van der Waals surface area contributed by atoms with Crippen LogP contribution in [0, 0.1) is 6.92 Å². The second kappa shape index (κ2) is 6.31. The summed E-state index contributed by atoms with van der Waals surface area (Å²) in [6, 6.07) is 5.53. The van der Waals surface area contributed by atoms with Gasteiger partial charge in [-0.3, -0.25) is 0 Å². The fourth-order valence-corrected chi connectivity index (χ4v) is 2.34. The molecule has 0 bridgehead atoms. The number of aromatic nitrogens is 1. The number of hydrogen-bond acceptors (Lipinski definition) is 4. The third kappa shape index (κ3) is 3.45. The Kier molecular flexibility index (Phi) is 4.68. The van der Waals surface area contributed by atoms with E-state index in [0.29, 0.717) is 23.2 Å². The van der Waals surface area contributed by atoms with Crippen LogP contribution in [-0.2, 0) is 4.74 Å². The van der Waals surface area contributed by atoms with Gasteiger partial charge in [-0.05, 0) is 43.5 Å². The second-order valence-corrected chi connectivity index (χ2v) is 5.56. The third-order valence-electron chi connectivity index (χ3n) is 2.95. The first kappa shape index (κ1) is 15.6. The molecule has 21 heavy (non-hydrogen) atoms. The number of nitrogens with zero attached hydrogens (tertiary/aromatic N) is 1. The summed E-state index contributed by atoms with van der Waals surface area (Å²) in [4.78, 5) is 16.4. The van der Waals surface area contributed by atoms with Crippen molar-refractivity contribution in [3.05, 3.63) is 40.2 Å². The summed E-state index contributed by atoms with van der Waals surface area (Å²) in [6.45, 7) is 7.89. The second-order valence-electron chi connectivity index (χ2n) is 5.13. The van der Waals surface area contributed by atoms with Crippen molar-refractivity contribution in [2.75, 3.05) is 6.61 Å². The minimum atomic E-state index is -0.487. The minimum Gasteiger partial charge on any atom is -0.460 e. The van der Waals surface area contributed by atoms with Gasteiger partial charge >= 0.3 is 5.97 Å². The molecule has 1 heterocycles. The van der Waals surface area contributed by atoms with E-state index >= 15 is 0 Å². The lowest BCUT2D eigenvalue weighted by atomic mass is 10.1. The summed E-state index contributed by atoms with van der Waals surface area (Å²) >= 11 is 6.06. The number of oxazole rings is 1. The lowest BCUT2D eigenvalue weighted by Crippen LogP contribution is -2.07. The van der Waals surface area contributed by atoms with Crippen LogP contribution in [0.4, 0.5) is 0 Å². The molecule has 0 N–H and O–H groups in total. The van der Waals surface area contributed by atoms with Gasteiger partial charge in [0, 0.05) is 10.6 Å². The van der Waals surface area contributed by atoms with E-state index in [-0.39, 0.29) is 11.7 Å². The quantitative estimate of drug-likeness (QED) is 0.774. The van der Waals surface area contributed by atoms with Crippen molar-refractivity contribution in [1.29, 1.82) is 0 Å². The molecule has 4 nitrogen and oxygen atoms in total. The molecule has 0 unspecified atom stereocenters. The lowest BCUT2D eigenvalue weighted by Gasteiger charge is -2.02. The van der Waals surface area contributed by atoms with Crippen molar-refractivity contribution in [3.8, 4) is 11.5 Å². The highest BCUT2D eigenvalue weighted by Crippen LogP contribution is 2.29. The SMILES string of the molecule is CCOC(=O)c1oc(-c2cc(C)cc(Cl)c2)nc1C(C)C. The summed E-state index contributed by atoms with van der Waals surface area (Å²) in [5.41, 5.74) is 2.35. The summed E-state index contributed by atoms with van der Waals surface area (Å²) in [5, 5.41) is 0.604. The molecule has 1 aromatic heterocycles. The molecule has 0 amide bonds. The number of ether oxygens (including phenoxy) is 1. The van der Waals surface area contributed by atoms with Gasteiger partial charge in [-0.2, -0.15) is 0 Å². The summed E-state index contributed by atoms with van der Waals surface area (Å²) in [7, 11) is 0. The Balaban J connectivity index is 2.50. The fraction of sp³-hybridized carbons (Fsp3) is 0.375. The third-order valence-corrected chi connectivity index (χ3v) is 3.17. The van der Waals surface area contributed by atoms with Gasteiger partial charge in [-0.25, -0.2) is 9.78 Å². The topological polar surface area (TPSA) is 52.3 Å². The van der Waals surface area contributed by atoms with E-state index < -0.39 is 5.97 Å². The van der Waals surface area contributed by atoms with Crippen LogP contribution in [0.25, 0.3) is 11.5 Å². The minimum absolute atomic E-state index is 0.0576. The highest BCUT2D eigenvalue weighted by Gasteiger charge is 2.24. The first-order valence-corrected chi connectivity index (χ1v) is 7.25. The van der Waals surface area contributed by atoms with Crippen molar-refractivity contribution < 1.29 is 13.9 Å². The molecule has 5 heteroatoms.